The Labute approximate surface area is 235 Å². The molecule has 2 aliphatic heterocycles. The van der Waals surface area contributed by atoms with E-state index < -0.39 is 23.5 Å². The molecule has 0 fully saturated rings. The monoisotopic (exact) mass is 546 g/mol. The van der Waals surface area contributed by atoms with E-state index in [0.717, 1.165) is 28.2 Å². The molecule has 1 atom stereocenters. The predicted molar refractivity (Wildman–Crippen MR) is 152 cm³/mol. The Morgan fingerprint density at radius 2 is 1.69 bits per heavy atom. The first-order valence-electron chi connectivity index (χ1n) is 13.4. The van der Waals surface area contributed by atoms with Crippen molar-refractivity contribution in [1.29, 1.82) is 0 Å². The summed E-state index contributed by atoms with van der Waals surface area (Å²) in [6.07, 6.45) is 0.815. The van der Waals surface area contributed by atoms with Gasteiger partial charge in [0.05, 0.1) is 0 Å². The lowest BCUT2D eigenvalue weighted by Gasteiger charge is -2.47. The zero-order chi connectivity index (χ0) is 28.3. The molecule has 1 aliphatic carbocycles. The van der Waals surface area contributed by atoms with Crippen LogP contribution >= 0.6 is 11.6 Å². The summed E-state index contributed by atoms with van der Waals surface area (Å²) < 4.78 is 5.60. The van der Waals surface area contributed by atoms with Crippen LogP contribution < -0.4 is 4.90 Å². The van der Waals surface area contributed by atoms with Crippen LogP contribution in [0.3, 0.4) is 0 Å². The van der Waals surface area contributed by atoms with E-state index >= 15 is 0 Å². The van der Waals surface area contributed by atoms with Crippen molar-refractivity contribution in [3.8, 4) is 0 Å². The molecule has 0 N–H and O–H groups in total. The Balaban J connectivity index is 1.76. The zero-order valence-electron chi connectivity index (χ0n) is 23.4. The highest BCUT2D eigenvalue weighted by atomic mass is 35.5. The van der Waals surface area contributed by atoms with E-state index in [9.17, 15) is 14.4 Å². The summed E-state index contributed by atoms with van der Waals surface area (Å²) in [7, 11) is 0. The molecule has 2 aromatic rings. The van der Waals surface area contributed by atoms with Crippen LogP contribution in [-0.4, -0.2) is 34.8 Å². The van der Waals surface area contributed by atoms with Gasteiger partial charge in [-0.25, -0.2) is 9.69 Å². The number of Topliss-reactive ketones (excluding diaryl/α,β-unsaturated/α-hetero) is 1. The molecule has 2 amide bonds. The number of rotatable bonds is 2. The third-order valence-electron chi connectivity index (χ3n) is 7.46. The fourth-order valence-corrected chi connectivity index (χ4v) is 6.10. The number of carbonyl (C=O) groups is 3. The van der Waals surface area contributed by atoms with Crippen LogP contribution in [0.1, 0.15) is 70.9 Å². The van der Waals surface area contributed by atoms with Gasteiger partial charge < -0.3 is 9.64 Å². The lowest BCUT2D eigenvalue weighted by molar-refractivity contribution is -0.127. The van der Waals surface area contributed by atoms with Crippen molar-refractivity contribution in [2.24, 2.45) is 5.41 Å². The molecule has 1 unspecified atom stereocenters. The van der Waals surface area contributed by atoms with Crippen molar-refractivity contribution in [2.45, 2.75) is 72.3 Å². The smallest absolute Gasteiger partial charge is 0.417 e. The second-order valence-corrected chi connectivity index (χ2v) is 12.9. The zero-order valence-corrected chi connectivity index (χ0v) is 24.2. The third kappa shape index (κ3) is 5.14. The van der Waals surface area contributed by atoms with Crippen LogP contribution in [-0.2, 0) is 14.3 Å². The number of ether oxygens (including phenoxy) is 1. The number of halogens is 1. The summed E-state index contributed by atoms with van der Waals surface area (Å²) in [6, 6.07) is 15.5. The van der Waals surface area contributed by atoms with Gasteiger partial charge in [0.25, 0.3) is 5.91 Å². The van der Waals surface area contributed by atoms with Gasteiger partial charge in [-0.3, -0.25) is 9.59 Å². The van der Waals surface area contributed by atoms with Gasteiger partial charge in [-0.2, -0.15) is 0 Å². The SMILES string of the molecule is Cc1ccc(N2C3=C(C(=O)CC(C)(C)C3)C(c3cccc(Cl)c3)C3=C2CCN(C(=O)OC(C)(C)C)C3=O)cc1. The van der Waals surface area contributed by atoms with Gasteiger partial charge in [0.1, 0.15) is 5.60 Å². The number of imide groups is 1. The van der Waals surface area contributed by atoms with Crippen molar-refractivity contribution in [1.82, 2.24) is 4.90 Å². The molecule has 2 heterocycles. The van der Waals surface area contributed by atoms with E-state index in [0.29, 0.717) is 35.4 Å². The summed E-state index contributed by atoms with van der Waals surface area (Å²) in [6.45, 7) is 11.8. The molecule has 204 valence electrons. The van der Waals surface area contributed by atoms with E-state index in [-0.39, 0.29) is 17.7 Å². The van der Waals surface area contributed by atoms with E-state index in [2.05, 4.69) is 18.7 Å². The molecule has 0 saturated carbocycles. The van der Waals surface area contributed by atoms with Gasteiger partial charge in [-0.1, -0.05) is 55.3 Å². The second-order valence-electron chi connectivity index (χ2n) is 12.5. The molecule has 3 aliphatic rings. The lowest BCUT2D eigenvalue weighted by atomic mass is 9.67. The molecule has 0 bridgehead atoms. The molecule has 7 heteroatoms. The Bertz CT molecular complexity index is 1430. The maximum atomic E-state index is 14.3. The Hall–Kier alpha value is -3.38. The van der Waals surface area contributed by atoms with Gasteiger partial charge in [0, 0.05) is 58.6 Å². The van der Waals surface area contributed by atoms with Crippen molar-refractivity contribution in [2.75, 3.05) is 11.4 Å². The van der Waals surface area contributed by atoms with Crippen molar-refractivity contribution in [3.63, 3.8) is 0 Å². The van der Waals surface area contributed by atoms with Crippen LogP contribution in [0.25, 0.3) is 0 Å². The molecule has 39 heavy (non-hydrogen) atoms. The topological polar surface area (TPSA) is 66.9 Å². The summed E-state index contributed by atoms with van der Waals surface area (Å²) in [5.41, 5.74) is 4.56. The van der Waals surface area contributed by atoms with Gasteiger partial charge in [-0.05, 0) is 69.4 Å². The van der Waals surface area contributed by atoms with E-state index in [4.69, 9.17) is 16.3 Å². The van der Waals surface area contributed by atoms with Crippen LogP contribution in [0.5, 0.6) is 0 Å². The third-order valence-corrected chi connectivity index (χ3v) is 7.70. The molecule has 0 spiro atoms. The quantitative estimate of drug-likeness (QED) is 0.395. The highest BCUT2D eigenvalue weighted by Gasteiger charge is 2.49. The number of hydrogen-bond donors (Lipinski definition) is 0. The molecular weight excluding hydrogens is 512 g/mol. The average molecular weight is 547 g/mol. The summed E-state index contributed by atoms with van der Waals surface area (Å²) in [5, 5.41) is 0.522. The minimum absolute atomic E-state index is 0.0112. The van der Waals surface area contributed by atoms with Gasteiger partial charge in [0.2, 0.25) is 0 Å². The standard InChI is InChI=1S/C32H35ClN2O4/c1-19-10-12-22(13-11-19)35-23-14-15-34(30(38)39-31(2,3)4)29(37)28(23)26(20-8-7-9-21(33)16-20)27-24(35)17-32(5,6)18-25(27)36/h7-13,16,26H,14-15,17-18H2,1-6H3. The number of allylic oxidation sites excluding steroid dienone is 2. The Morgan fingerprint density at radius 1 is 1.00 bits per heavy atom. The molecule has 2 aromatic carbocycles. The maximum Gasteiger partial charge on any atom is 0.417 e. The van der Waals surface area contributed by atoms with Crippen molar-refractivity contribution in [3.05, 3.63) is 87.2 Å². The normalized spacial score (nSPS) is 21.2. The molecule has 0 aromatic heterocycles. The van der Waals surface area contributed by atoms with Crippen LogP contribution in [0.15, 0.2) is 71.1 Å². The Kier molecular flexibility index (Phi) is 6.74. The van der Waals surface area contributed by atoms with Gasteiger partial charge in [0.15, 0.2) is 5.78 Å². The number of ketones is 1. The molecule has 5 rings (SSSR count). The van der Waals surface area contributed by atoms with E-state index in [1.807, 2.05) is 49.4 Å². The first kappa shape index (κ1) is 27.2. The van der Waals surface area contributed by atoms with E-state index in [1.54, 1.807) is 26.8 Å². The average Bonchev–Trinajstić information content (AvgIpc) is 2.82. The largest absolute Gasteiger partial charge is 0.443 e. The minimum atomic E-state index is -0.751. The molecule has 0 radical (unpaired) electrons. The maximum absolute atomic E-state index is 14.3. The number of hydrogen-bond acceptors (Lipinski definition) is 5. The van der Waals surface area contributed by atoms with Crippen LogP contribution in [0.4, 0.5) is 10.5 Å². The summed E-state index contributed by atoms with van der Waals surface area (Å²) >= 11 is 6.43. The predicted octanol–water partition coefficient (Wildman–Crippen LogP) is 7.32. The highest BCUT2D eigenvalue weighted by molar-refractivity contribution is 6.30. The number of aryl methyl sites for hydroxylation is 1. The Morgan fingerprint density at radius 3 is 2.33 bits per heavy atom. The second kappa shape index (κ2) is 9.67. The number of carbonyl (C=O) groups excluding carboxylic acids is 3. The number of benzene rings is 2. The fraction of sp³-hybridized carbons (Fsp3) is 0.406. The lowest BCUT2D eigenvalue weighted by Crippen LogP contribution is -2.50. The van der Waals surface area contributed by atoms with Crippen molar-refractivity contribution >= 4 is 35.1 Å². The number of nitrogens with zero attached hydrogens (tertiary/aromatic N) is 2. The summed E-state index contributed by atoms with van der Waals surface area (Å²) in [4.78, 5) is 44.7. The molecular formula is C32H35ClN2O4. The minimum Gasteiger partial charge on any atom is -0.443 e. The first-order chi connectivity index (χ1) is 18.3. The molecule has 0 saturated heterocycles. The first-order valence-corrected chi connectivity index (χ1v) is 13.8. The molecule has 6 nitrogen and oxygen atoms in total. The fourth-order valence-electron chi connectivity index (χ4n) is 5.90. The van der Waals surface area contributed by atoms with E-state index in [1.165, 1.54) is 4.90 Å². The van der Waals surface area contributed by atoms with Gasteiger partial charge >= 0.3 is 6.09 Å². The van der Waals surface area contributed by atoms with Crippen molar-refractivity contribution < 1.29 is 19.1 Å². The number of amides is 2. The summed E-state index contributed by atoms with van der Waals surface area (Å²) in [5.74, 6) is -1.05. The van der Waals surface area contributed by atoms with Gasteiger partial charge in [-0.15, -0.1) is 0 Å². The van der Waals surface area contributed by atoms with Crippen LogP contribution in [0, 0.1) is 12.3 Å². The highest BCUT2D eigenvalue weighted by Crippen LogP contribution is 2.53. The van der Waals surface area contributed by atoms with Crippen LogP contribution in [0.2, 0.25) is 5.02 Å². The number of anilines is 1.